The summed E-state index contributed by atoms with van der Waals surface area (Å²) in [6, 6.07) is 1.71. The van der Waals surface area contributed by atoms with Crippen LogP contribution in [0.4, 0.5) is 0 Å². The summed E-state index contributed by atoms with van der Waals surface area (Å²) in [5, 5.41) is 7.79. The van der Waals surface area contributed by atoms with Crippen LogP contribution in [0.1, 0.15) is 6.42 Å². The minimum atomic E-state index is -3.33. The van der Waals surface area contributed by atoms with Crippen LogP contribution in [-0.4, -0.2) is 33.0 Å². The van der Waals surface area contributed by atoms with Crippen molar-refractivity contribution in [3.63, 3.8) is 0 Å². The molecule has 1 rings (SSSR count). The van der Waals surface area contributed by atoms with E-state index in [4.69, 9.17) is 5.26 Å². The average molecular weight is 203 g/mol. The Hall–Kier alpha value is -1.09. The SMILES string of the molecule is COC(=O)[C@@]1(C#N)C[C@@H]1S(C)(=O)=O. The normalized spacial score (nSPS) is 31.9. The zero-order chi connectivity index (χ0) is 10.3. The van der Waals surface area contributed by atoms with Gasteiger partial charge >= 0.3 is 5.97 Å². The summed E-state index contributed by atoms with van der Waals surface area (Å²) in [5.41, 5.74) is -1.44. The predicted octanol–water partition coefficient (Wildman–Crippen LogP) is -0.514. The van der Waals surface area contributed by atoms with Gasteiger partial charge in [-0.05, 0) is 6.42 Å². The third kappa shape index (κ3) is 1.40. The molecule has 0 bridgehead atoms. The van der Waals surface area contributed by atoms with Crippen LogP contribution in [0.15, 0.2) is 0 Å². The molecule has 2 atom stereocenters. The molecule has 1 aliphatic carbocycles. The third-order valence-corrected chi connectivity index (χ3v) is 3.77. The first kappa shape index (κ1) is 9.99. The summed E-state index contributed by atoms with van der Waals surface area (Å²) in [4.78, 5) is 11.1. The lowest BCUT2D eigenvalue weighted by molar-refractivity contribution is -0.144. The van der Waals surface area contributed by atoms with E-state index in [1.54, 1.807) is 6.07 Å². The number of hydrogen-bond acceptors (Lipinski definition) is 5. The Labute approximate surface area is 76.2 Å². The van der Waals surface area contributed by atoms with Crippen LogP contribution >= 0.6 is 0 Å². The first-order valence-electron chi connectivity index (χ1n) is 3.57. The van der Waals surface area contributed by atoms with Crippen molar-refractivity contribution in [3.8, 4) is 6.07 Å². The van der Waals surface area contributed by atoms with E-state index in [0.717, 1.165) is 13.4 Å². The number of nitriles is 1. The van der Waals surface area contributed by atoms with Gasteiger partial charge in [0, 0.05) is 6.26 Å². The lowest BCUT2D eigenvalue weighted by Gasteiger charge is -2.03. The van der Waals surface area contributed by atoms with Crippen LogP contribution < -0.4 is 0 Å². The zero-order valence-electron chi connectivity index (χ0n) is 7.27. The summed E-state index contributed by atoms with van der Waals surface area (Å²) >= 11 is 0. The maximum atomic E-state index is 11.1. The van der Waals surface area contributed by atoms with Gasteiger partial charge in [0.1, 0.15) is 0 Å². The van der Waals surface area contributed by atoms with Crippen LogP contribution in [0.2, 0.25) is 0 Å². The standard InChI is InChI=1S/C7H9NO4S/c1-12-6(9)7(4-8)3-5(7)13(2,10)11/h5H,3H2,1-2H3/t5-,7+/m0/s1. The van der Waals surface area contributed by atoms with Gasteiger partial charge < -0.3 is 4.74 Å². The van der Waals surface area contributed by atoms with Crippen LogP contribution in [0, 0.1) is 16.7 Å². The van der Waals surface area contributed by atoms with Crippen molar-refractivity contribution in [3.05, 3.63) is 0 Å². The van der Waals surface area contributed by atoms with Crippen LogP contribution in [0.3, 0.4) is 0 Å². The highest BCUT2D eigenvalue weighted by Gasteiger charge is 2.67. The molecule has 0 aromatic heterocycles. The molecule has 0 amide bonds. The van der Waals surface area contributed by atoms with Gasteiger partial charge in [-0.2, -0.15) is 5.26 Å². The lowest BCUT2D eigenvalue weighted by atomic mass is 10.1. The molecule has 6 heteroatoms. The highest BCUT2D eigenvalue weighted by molar-refractivity contribution is 7.91. The third-order valence-electron chi connectivity index (χ3n) is 2.16. The van der Waals surface area contributed by atoms with E-state index >= 15 is 0 Å². The molecule has 1 saturated carbocycles. The maximum absolute atomic E-state index is 11.1. The van der Waals surface area contributed by atoms with Crippen molar-refractivity contribution in [2.75, 3.05) is 13.4 Å². The smallest absolute Gasteiger partial charge is 0.327 e. The highest BCUT2D eigenvalue weighted by Crippen LogP contribution is 2.50. The molecule has 0 aliphatic heterocycles. The van der Waals surface area contributed by atoms with Gasteiger partial charge in [0.05, 0.1) is 18.4 Å². The topological polar surface area (TPSA) is 84.2 Å². The summed E-state index contributed by atoms with van der Waals surface area (Å²) in [5.74, 6) is -0.759. The van der Waals surface area contributed by atoms with Gasteiger partial charge in [-0.15, -0.1) is 0 Å². The lowest BCUT2D eigenvalue weighted by Crippen LogP contribution is -2.23. The molecule has 0 N–H and O–H groups in total. The number of carbonyl (C=O) groups is 1. The number of rotatable bonds is 2. The fourth-order valence-electron chi connectivity index (χ4n) is 1.31. The second kappa shape index (κ2) is 2.70. The molecule has 1 aliphatic rings. The Morgan fingerprint density at radius 2 is 2.23 bits per heavy atom. The second-order valence-electron chi connectivity index (χ2n) is 3.10. The van der Waals surface area contributed by atoms with Crippen LogP contribution in [-0.2, 0) is 19.4 Å². The maximum Gasteiger partial charge on any atom is 0.327 e. The molecule has 0 aromatic rings. The molecular formula is C7H9NO4S. The van der Waals surface area contributed by atoms with E-state index in [0.29, 0.717) is 0 Å². The van der Waals surface area contributed by atoms with Crippen molar-refractivity contribution in [1.82, 2.24) is 0 Å². The Morgan fingerprint density at radius 3 is 2.46 bits per heavy atom. The van der Waals surface area contributed by atoms with Gasteiger partial charge in [0.15, 0.2) is 15.3 Å². The molecule has 13 heavy (non-hydrogen) atoms. The van der Waals surface area contributed by atoms with Gasteiger partial charge in [-0.25, -0.2) is 8.42 Å². The van der Waals surface area contributed by atoms with Crippen LogP contribution in [0.5, 0.6) is 0 Å². The molecule has 0 spiro atoms. The molecule has 0 radical (unpaired) electrons. The zero-order valence-corrected chi connectivity index (χ0v) is 8.09. The quantitative estimate of drug-likeness (QED) is 0.564. The van der Waals surface area contributed by atoms with Gasteiger partial charge in [-0.1, -0.05) is 0 Å². The molecule has 5 nitrogen and oxygen atoms in total. The van der Waals surface area contributed by atoms with Crippen molar-refractivity contribution >= 4 is 15.8 Å². The van der Waals surface area contributed by atoms with E-state index in [1.807, 2.05) is 0 Å². The summed E-state index contributed by atoms with van der Waals surface area (Å²) in [7, 11) is -2.19. The first-order chi connectivity index (χ1) is 5.88. The molecule has 0 saturated heterocycles. The minimum Gasteiger partial charge on any atom is -0.468 e. The minimum absolute atomic E-state index is 0.0506. The van der Waals surface area contributed by atoms with Crippen molar-refractivity contribution in [2.24, 2.45) is 5.41 Å². The summed E-state index contributed by atoms with van der Waals surface area (Å²) < 4.78 is 26.4. The van der Waals surface area contributed by atoms with Gasteiger partial charge in [0.25, 0.3) is 0 Å². The van der Waals surface area contributed by atoms with E-state index in [1.165, 1.54) is 0 Å². The number of esters is 1. The highest BCUT2D eigenvalue weighted by atomic mass is 32.2. The number of carbonyl (C=O) groups excluding carboxylic acids is 1. The Morgan fingerprint density at radius 1 is 1.69 bits per heavy atom. The molecule has 0 heterocycles. The largest absolute Gasteiger partial charge is 0.468 e. The van der Waals surface area contributed by atoms with E-state index in [-0.39, 0.29) is 6.42 Å². The Kier molecular flexibility index (Phi) is 2.08. The fourth-order valence-corrected chi connectivity index (χ4v) is 2.76. The second-order valence-corrected chi connectivity index (χ2v) is 5.33. The monoisotopic (exact) mass is 203 g/mol. The predicted molar refractivity (Wildman–Crippen MR) is 43.3 cm³/mol. The van der Waals surface area contributed by atoms with Gasteiger partial charge in [-0.3, -0.25) is 4.79 Å². The first-order valence-corrected chi connectivity index (χ1v) is 5.52. The number of sulfone groups is 1. The average Bonchev–Trinajstić information content (AvgIpc) is 2.78. The number of ether oxygens (including phenoxy) is 1. The summed E-state index contributed by atoms with van der Waals surface area (Å²) in [6.45, 7) is 0. The summed E-state index contributed by atoms with van der Waals surface area (Å²) in [6.07, 6.45) is 1.06. The molecular weight excluding hydrogens is 194 g/mol. The molecule has 72 valence electrons. The van der Waals surface area contributed by atoms with Crippen molar-refractivity contribution in [2.45, 2.75) is 11.7 Å². The van der Waals surface area contributed by atoms with Crippen molar-refractivity contribution < 1.29 is 17.9 Å². The van der Waals surface area contributed by atoms with Crippen molar-refractivity contribution in [1.29, 1.82) is 5.26 Å². The number of hydrogen-bond donors (Lipinski definition) is 0. The molecule has 0 aromatic carbocycles. The van der Waals surface area contributed by atoms with E-state index < -0.39 is 26.5 Å². The van der Waals surface area contributed by atoms with Crippen LogP contribution in [0.25, 0.3) is 0 Å². The fraction of sp³-hybridized carbons (Fsp3) is 0.714. The molecule has 0 unspecified atom stereocenters. The number of methoxy groups -OCH3 is 1. The van der Waals surface area contributed by atoms with Gasteiger partial charge in [0.2, 0.25) is 0 Å². The Bertz CT molecular complexity index is 380. The molecule has 1 fully saturated rings. The number of nitrogens with zero attached hydrogens (tertiary/aromatic N) is 1. The van der Waals surface area contributed by atoms with E-state index in [2.05, 4.69) is 4.74 Å². The Balaban J connectivity index is 2.96. The van der Waals surface area contributed by atoms with E-state index in [9.17, 15) is 13.2 Å².